The van der Waals surface area contributed by atoms with Gasteiger partial charge in [-0.15, -0.1) is 0 Å². The van der Waals surface area contributed by atoms with Crippen molar-refractivity contribution < 1.29 is 14.3 Å². The number of hydrogen-bond acceptors (Lipinski definition) is 3. The average molecular weight is 272 g/mol. The maximum absolute atomic E-state index is 12.1. The van der Waals surface area contributed by atoms with Crippen molar-refractivity contribution in [2.45, 2.75) is 44.4 Å². The molecule has 1 aromatic carbocycles. The number of hydrogen-bond donors (Lipinski definition) is 0. The Bertz CT molecular complexity index is 521. The molecule has 0 amide bonds. The van der Waals surface area contributed by atoms with Gasteiger partial charge in [-0.05, 0) is 49.3 Å². The van der Waals surface area contributed by atoms with Crippen LogP contribution in [-0.4, -0.2) is 18.7 Å². The van der Waals surface area contributed by atoms with E-state index in [-0.39, 0.29) is 11.6 Å². The second-order valence-corrected chi connectivity index (χ2v) is 5.98. The van der Waals surface area contributed by atoms with Gasteiger partial charge in [0.1, 0.15) is 17.3 Å². The van der Waals surface area contributed by atoms with Crippen LogP contribution in [0.15, 0.2) is 24.3 Å². The van der Waals surface area contributed by atoms with Crippen LogP contribution in [0.4, 0.5) is 0 Å². The van der Waals surface area contributed by atoms with E-state index < -0.39 is 5.41 Å². The Morgan fingerprint density at radius 3 is 2.35 bits per heavy atom. The van der Waals surface area contributed by atoms with Crippen molar-refractivity contribution in [1.29, 1.82) is 0 Å². The molecule has 1 spiro atoms. The molecule has 2 aliphatic carbocycles. The van der Waals surface area contributed by atoms with Crippen LogP contribution in [0, 0.1) is 5.41 Å². The van der Waals surface area contributed by atoms with Crippen LogP contribution in [-0.2, 0) is 9.59 Å². The van der Waals surface area contributed by atoms with Gasteiger partial charge < -0.3 is 4.74 Å². The van der Waals surface area contributed by atoms with E-state index in [1.807, 2.05) is 12.1 Å². The number of Topliss-reactive ketones (excluding diaryl/α,β-unsaturated/α-hetero) is 2. The molecule has 0 N–H and O–H groups in total. The molecule has 0 bridgehead atoms. The van der Waals surface area contributed by atoms with Gasteiger partial charge in [0.2, 0.25) is 0 Å². The molecule has 2 saturated carbocycles. The zero-order valence-electron chi connectivity index (χ0n) is 11.9. The minimum absolute atomic E-state index is 0.187. The fourth-order valence-corrected chi connectivity index (χ4v) is 3.76. The summed E-state index contributed by atoms with van der Waals surface area (Å²) >= 11 is 0. The average Bonchev–Trinajstić information content (AvgIpc) is 2.77. The van der Waals surface area contributed by atoms with Crippen LogP contribution in [0.1, 0.15) is 50.0 Å². The molecule has 20 heavy (non-hydrogen) atoms. The molecule has 3 rings (SSSR count). The van der Waals surface area contributed by atoms with Crippen LogP contribution >= 0.6 is 0 Å². The lowest BCUT2D eigenvalue weighted by atomic mass is 9.67. The van der Waals surface area contributed by atoms with Crippen molar-refractivity contribution in [1.82, 2.24) is 0 Å². The summed E-state index contributed by atoms with van der Waals surface area (Å²) in [5, 5.41) is 0. The van der Waals surface area contributed by atoms with E-state index in [1.165, 1.54) is 5.56 Å². The third kappa shape index (κ3) is 2.05. The van der Waals surface area contributed by atoms with E-state index in [1.54, 1.807) is 7.11 Å². The molecule has 0 aromatic heterocycles. The first-order valence-corrected chi connectivity index (χ1v) is 7.36. The second-order valence-electron chi connectivity index (χ2n) is 5.98. The highest BCUT2D eigenvalue weighted by Gasteiger charge is 2.50. The summed E-state index contributed by atoms with van der Waals surface area (Å²) in [7, 11) is 1.67. The normalized spacial score (nSPS) is 22.4. The Hall–Kier alpha value is -1.64. The first-order valence-electron chi connectivity index (χ1n) is 7.36. The van der Waals surface area contributed by atoms with Gasteiger partial charge in [-0.3, -0.25) is 9.59 Å². The van der Waals surface area contributed by atoms with Crippen molar-refractivity contribution in [2.24, 2.45) is 5.41 Å². The van der Waals surface area contributed by atoms with Crippen LogP contribution in [0.2, 0.25) is 0 Å². The number of benzene rings is 1. The summed E-state index contributed by atoms with van der Waals surface area (Å²) in [6.07, 6.45) is 4.22. The zero-order valence-corrected chi connectivity index (χ0v) is 11.9. The predicted octanol–water partition coefficient (Wildman–Crippen LogP) is 3.27. The fourth-order valence-electron chi connectivity index (χ4n) is 3.76. The molecule has 0 aliphatic heterocycles. The minimum atomic E-state index is -0.616. The first kappa shape index (κ1) is 13.3. The summed E-state index contributed by atoms with van der Waals surface area (Å²) in [6.45, 7) is 0. The van der Waals surface area contributed by atoms with Crippen LogP contribution < -0.4 is 4.74 Å². The van der Waals surface area contributed by atoms with Crippen molar-refractivity contribution in [2.75, 3.05) is 7.11 Å². The van der Waals surface area contributed by atoms with Gasteiger partial charge in [-0.25, -0.2) is 0 Å². The van der Waals surface area contributed by atoms with Crippen molar-refractivity contribution in [3.05, 3.63) is 29.8 Å². The van der Waals surface area contributed by atoms with Gasteiger partial charge in [0.05, 0.1) is 12.5 Å². The molecule has 3 heteroatoms. The van der Waals surface area contributed by atoms with Crippen molar-refractivity contribution >= 4 is 11.6 Å². The van der Waals surface area contributed by atoms with Gasteiger partial charge in [0.15, 0.2) is 0 Å². The number of methoxy groups -OCH3 is 1. The summed E-state index contributed by atoms with van der Waals surface area (Å²) < 4.78 is 5.26. The van der Waals surface area contributed by atoms with Crippen molar-refractivity contribution in [3.63, 3.8) is 0 Å². The molecule has 1 aromatic rings. The molecule has 0 radical (unpaired) electrons. The molecule has 0 atom stereocenters. The lowest BCUT2D eigenvalue weighted by Gasteiger charge is -2.34. The monoisotopic (exact) mass is 272 g/mol. The van der Waals surface area contributed by atoms with Gasteiger partial charge in [0.25, 0.3) is 0 Å². The zero-order chi connectivity index (χ0) is 14.2. The summed E-state index contributed by atoms with van der Waals surface area (Å²) in [4.78, 5) is 24.1. The van der Waals surface area contributed by atoms with Gasteiger partial charge in [-0.1, -0.05) is 12.1 Å². The molecular formula is C17H20O3. The van der Waals surface area contributed by atoms with E-state index >= 15 is 0 Å². The lowest BCUT2D eigenvalue weighted by Crippen LogP contribution is -2.36. The Kier molecular flexibility index (Phi) is 3.36. The SMILES string of the molecule is COc1cccc(C2CCC3(CC2)C(=O)CCC3=O)c1. The molecule has 0 unspecified atom stereocenters. The topological polar surface area (TPSA) is 43.4 Å². The smallest absolute Gasteiger partial charge is 0.146 e. The van der Waals surface area contributed by atoms with Crippen molar-refractivity contribution in [3.8, 4) is 5.75 Å². The maximum Gasteiger partial charge on any atom is 0.146 e. The summed E-state index contributed by atoms with van der Waals surface area (Å²) in [5.41, 5.74) is 0.645. The molecule has 0 heterocycles. The Labute approximate surface area is 119 Å². The third-order valence-corrected chi connectivity index (χ3v) is 5.05. The highest BCUT2D eigenvalue weighted by molar-refractivity contribution is 6.12. The summed E-state index contributed by atoms with van der Waals surface area (Å²) in [6, 6.07) is 8.13. The number of carbonyl (C=O) groups is 2. The van der Waals surface area contributed by atoms with E-state index in [2.05, 4.69) is 12.1 Å². The fraction of sp³-hybridized carbons (Fsp3) is 0.529. The van der Waals surface area contributed by atoms with E-state index in [0.29, 0.717) is 18.8 Å². The molecular weight excluding hydrogens is 252 g/mol. The molecule has 3 nitrogen and oxygen atoms in total. The largest absolute Gasteiger partial charge is 0.497 e. The Morgan fingerprint density at radius 1 is 1.10 bits per heavy atom. The quantitative estimate of drug-likeness (QED) is 0.776. The standard InChI is InChI=1S/C17H20O3/c1-20-14-4-2-3-13(11-14)12-7-9-17(10-8-12)15(18)5-6-16(17)19/h2-4,11-12H,5-10H2,1H3. The minimum Gasteiger partial charge on any atom is -0.497 e. The number of rotatable bonds is 2. The van der Waals surface area contributed by atoms with Gasteiger partial charge >= 0.3 is 0 Å². The first-order chi connectivity index (χ1) is 9.65. The second kappa shape index (κ2) is 5.04. The molecule has 2 fully saturated rings. The highest BCUT2D eigenvalue weighted by Crippen LogP contribution is 2.48. The molecule has 2 aliphatic rings. The van der Waals surface area contributed by atoms with Crippen LogP contribution in [0.5, 0.6) is 5.75 Å². The lowest BCUT2D eigenvalue weighted by molar-refractivity contribution is -0.137. The van der Waals surface area contributed by atoms with E-state index in [0.717, 1.165) is 31.4 Å². The van der Waals surface area contributed by atoms with Crippen LogP contribution in [0.25, 0.3) is 0 Å². The number of carbonyl (C=O) groups excluding carboxylic acids is 2. The van der Waals surface area contributed by atoms with Gasteiger partial charge in [-0.2, -0.15) is 0 Å². The number of ether oxygens (including phenoxy) is 1. The van der Waals surface area contributed by atoms with E-state index in [9.17, 15) is 9.59 Å². The van der Waals surface area contributed by atoms with Gasteiger partial charge in [0, 0.05) is 12.8 Å². The third-order valence-electron chi connectivity index (χ3n) is 5.05. The number of ketones is 2. The predicted molar refractivity (Wildman–Crippen MR) is 75.9 cm³/mol. The summed E-state index contributed by atoms with van der Waals surface area (Å²) in [5.74, 6) is 1.69. The Balaban J connectivity index is 1.75. The molecule has 0 saturated heterocycles. The highest BCUT2D eigenvalue weighted by atomic mass is 16.5. The van der Waals surface area contributed by atoms with E-state index in [4.69, 9.17) is 4.74 Å². The Morgan fingerprint density at radius 2 is 1.75 bits per heavy atom. The van der Waals surface area contributed by atoms with Crippen LogP contribution in [0.3, 0.4) is 0 Å². The molecule has 106 valence electrons. The maximum atomic E-state index is 12.1.